The van der Waals surface area contributed by atoms with E-state index in [1.807, 2.05) is 0 Å². The van der Waals surface area contributed by atoms with Crippen LogP contribution in [0.15, 0.2) is 41.6 Å². The third-order valence-corrected chi connectivity index (χ3v) is 3.79. The van der Waals surface area contributed by atoms with Crippen LogP contribution in [-0.4, -0.2) is 9.19 Å². The average Bonchev–Trinajstić information content (AvgIpc) is 2.33. The molecule has 0 aliphatic carbocycles. The fourth-order valence-electron chi connectivity index (χ4n) is 1.46. The number of hydrogen-bond donors (Lipinski definition) is 1. The zero-order chi connectivity index (χ0) is 13.1. The van der Waals surface area contributed by atoms with Crippen molar-refractivity contribution >= 4 is 16.5 Å². The number of nitrogens with zero attached hydrogens (tertiary/aromatic N) is 1. The molecule has 18 heavy (non-hydrogen) atoms. The van der Waals surface area contributed by atoms with Crippen LogP contribution in [0.4, 0.5) is 14.5 Å². The second kappa shape index (κ2) is 5.22. The van der Waals surface area contributed by atoms with Gasteiger partial charge in [-0.2, -0.15) is 0 Å². The zero-order valence-corrected chi connectivity index (χ0v) is 10.1. The number of pyridine rings is 1. The number of hydrogen-bond acceptors (Lipinski definition) is 3. The van der Waals surface area contributed by atoms with E-state index < -0.39 is 22.4 Å². The molecule has 1 aromatic heterocycles. The van der Waals surface area contributed by atoms with E-state index in [0.717, 1.165) is 12.1 Å². The van der Waals surface area contributed by atoms with E-state index in [-0.39, 0.29) is 11.3 Å². The molecule has 1 heterocycles. The van der Waals surface area contributed by atoms with Crippen LogP contribution in [0, 0.1) is 11.6 Å². The van der Waals surface area contributed by atoms with E-state index in [4.69, 9.17) is 5.73 Å². The van der Waals surface area contributed by atoms with Crippen LogP contribution in [0.25, 0.3) is 0 Å². The number of nitrogens with two attached hydrogens (primary N) is 1. The first kappa shape index (κ1) is 12.6. The highest BCUT2D eigenvalue weighted by Gasteiger charge is 2.12. The molecule has 0 amide bonds. The minimum absolute atomic E-state index is 0.0552. The number of halogens is 2. The van der Waals surface area contributed by atoms with Gasteiger partial charge in [-0.05, 0) is 12.1 Å². The summed E-state index contributed by atoms with van der Waals surface area (Å²) in [7, 11) is -1.49. The SMILES string of the molecule is Nc1cnccc1S(=O)Cc1ccc(F)cc1F. The maximum absolute atomic E-state index is 13.4. The lowest BCUT2D eigenvalue weighted by Crippen LogP contribution is -2.03. The van der Waals surface area contributed by atoms with E-state index in [0.29, 0.717) is 10.6 Å². The number of aromatic nitrogens is 1. The van der Waals surface area contributed by atoms with Crippen molar-refractivity contribution in [2.24, 2.45) is 0 Å². The van der Waals surface area contributed by atoms with Gasteiger partial charge in [-0.15, -0.1) is 0 Å². The van der Waals surface area contributed by atoms with Gasteiger partial charge in [-0.25, -0.2) is 8.78 Å². The molecular weight excluding hydrogens is 258 g/mol. The topological polar surface area (TPSA) is 56.0 Å². The molecule has 0 spiro atoms. The molecule has 0 aliphatic heterocycles. The van der Waals surface area contributed by atoms with Crippen LogP contribution in [-0.2, 0) is 16.6 Å². The summed E-state index contributed by atoms with van der Waals surface area (Å²) in [6.07, 6.45) is 2.85. The van der Waals surface area contributed by atoms with Crippen LogP contribution < -0.4 is 5.73 Å². The Hall–Kier alpha value is -1.82. The predicted octanol–water partition coefficient (Wildman–Crippen LogP) is 2.25. The van der Waals surface area contributed by atoms with Gasteiger partial charge in [0, 0.05) is 17.8 Å². The minimum Gasteiger partial charge on any atom is -0.396 e. The summed E-state index contributed by atoms with van der Waals surface area (Å²) in [6.45, 7) is 0. The Balaban J connectivity index is 2.24. The van der Waals surface area contributed by atoms with Gasteiger partial charge in [0.2, 0.25) is 0 Å². The van der Waals surface area contributed by atoms with Crippen molar-refractivity contribution in [2.45, 2.75) is 10.6 Å². The second-order valence-electron chi connectivity index (χ2n) is 3.64. The number of rotatable bonds is 3. The van der Waals surface area contributed by atoms with Crippen LogP contribution >= 0.6 is 0 Å². The van der Waals surface area contributed by atoms with Crippen molar-refractivity contribution in [1.29, 1.82) is 0 Å². The van der Waals surface area contributed by atoms with Crippen LogP contribution in [0.2, 0.25) is 0 Å². The summed E-state index contributed by atoms with van der Waals surface area (Å²) in [6, 6.07) is 4.70. The largest absolute Gasteiger partial charge is 0.396 e. The second-order valence-corrected chi connectivity index (χ2v) is 5.06. The van der Waals surface area contributed by atoms with Crippen LogP contribution in [0.3, 0.4) is 0 Å². The molecule has 1 unspecified atom stereocenters. The average molecular weight is 268 g/mol. The summed E-state index contributed by atoms with van der Waals surface area (Å²) in [5.74, 6) is -1.43. The Morgan fingerprint density at radius 2 is 2.06 bits per heavy atom. The summed E-state index contributed by atoms with van der Waals surface area (Å²) >= 11 is 0. The third-order valence-electron chi connectivity index (χ3n) is 2.36. The molecule has 3 nitrogen and oxygen atoms in total. The Bertz CT molecular complexity index is 604. The first-order chi connectivity index (χ1) is 8.58. The predicted molar refractivity (Wildman–Crippen MR) is 65.1 cm³/mol. The minimum atomic E-state index is -1.49. The van der Waals surface area contributed by atoms with Crippen LogP contribution in [0.1, 0.15) is 5.56 Å². The van der Waals surface area contributed by atoms with E-state index in [1.165, 1.54) is 24.5 Å². The molecule has 6 heteroatoms. The number of anilines is 1. The van der Waals surface area contributed by atoms with E-state index in [9.17, 15) is 13.0 Å². The lowest BCUT2D eigenvalue weighted by atomic mass is 10.2. The first-order valence-electron chi connectivity index (χ1n) is 5.09. The summed E-state index contributed by atoms with van der Waals surface area (Å²) in [4.78, 5) is 4.18. The lowest BCUT2D eigenvalue weighted by Gasteiger charge is -2.06. The van der Waals surface area contributed by atoms with Crippen molar-refractivity contribution in [3.63, 3.8) is 0 Å². The van der Waals surface area contributed by atoms with Crippen molar-refractivity contribution in [3.05, 3.63) is 53.9 Å². The monoisotopic (exact) mass is 268 g/mol. The molecule has 0 fully saturated rings. The molecule has 94 valence electrons. The normalized spacial score (nSPS) is 12.3. The highest BCUT2D eigenvalue weighted by atomic mass is 32.2. The Morgan fingerprint density at radius 3 is 2.72 bits per heavy atom. The zero-order valence-electron chi connectivity index (χ0n) is 9.27. The summed E-state index contributed by atoms with van der Waals surface area (Å²) in [5, 5.41) is 0. The molecule has 2 aromatic rings. The summed E-state index contributed by atoms with van der Waals surface area (Å²) in [5.41, 5.74) is 6.10. The lowest BCUT2D eigenvalue weighted by molar-refractivity contribution is 0.576. The van der Waals surface area contributed by atoms with Gasteiger partial charge < -0.3 is 5.73 Å². The Labute approximate surface area is 105 Å². The fraction of sp³-hybridized carbons (Fsp3) is 0.0833. The Kier molecular flexibility index (Phi) is 3.66. The van der Waals surface area contributed by atoms with Crippen molar-refractivity contribution in [2.75, 3.05) is 5.73 Å². The quantitative estimate of drug-likeness (QED) is 0.928. The van der Waals surface area contributed by atoms with Crippen molar-refractivity contribution < 1.29 is 13.0 Å². The smallest absolute Gasteiger partial charge is 0.130 e. The van der Waals surface area contributed by atoms with Gasteiger partial charge in [0.05, 0.1) is 33.3 Å². The molecule has 1 aromatic carbocycles. The molecule has 2 rings (SSSR count). The first-order valence-corrected chi connectivity index (χ1v) is 6.41. The highest BCUT2D eigenvalue weighted by molar-refractivity contribution is 7.84. The van der Waals surface area contributed by atoms with Gasteiger partial charge in [-0.3, -0.25) is 9.19 Å². The van der Waals surface area contributed by atoms with Crippen LogP contribution in [0.5, 0.6) is 0 Å². The van der Waals surface area contributed by atoms with Gasteiger partial charge in [-0.1, -0.05) is 6.07 Å². The maximum atomic E-state index is 13.4. The van der Waals surface area contributed by atoms with Crippen molar-refractivity contribution in [3.8, 4) is 0 Å². The van der Waals surface area contributed by atoms with Crippen molar-refractivity contribution in [1.82, 2.24) is 4.98 Å². The standard InChI is InChI=1S/C12H10F2N2OS/c13-9-2-1-8(10(14)5-9)7-18(17)12-3-4-16-6-11(12)15/h1-6H,7,15H2. The molecule has 0 aliphatic rings. The van der Waals surface area contributed by atoms with E-state index in [2.05, 4.69) is 4.98 Å². The molecule has 1 atom stereocenters. The fourth-order valence-corrected chi connectivity index (χ4v) is 2.66. The molecule has 2 N–H and O–H groups in total. The Morgan fingerprint density at radius 1 is 1.28 bits per heavy atom. The molecule has 0 bridgehead atoms. The number of benzene rings is 1. The third kappa shape index (κ3) is 2.70. The van der Waals surface area contributed by atoms with E-state index >= 15 is 0 Å². The molecule has 0 saturated carbocycles. The van der Waals surface area contributed by atoms with Gasteiger partial charge >= 0.3 is 0 Å². The number of nitrogen functional groups attached to an aromatic ring is 1. The van der Waals surface area contributed by atoms with Gasteiger partial charge in [0.1, 0.15) is 11.6 Å². The molecular formula is C12H10F2N2OS. The maximum Gasteiger partial charge on any atom is 0.130 e. The molecule has 0 radical (unpaired) electrons. The van der Waals surface area contributed by atoms with Gasteiger partial charge in [0.15, 0.2) is 0 Å². The highest BCUT2D eigenvalue weighted by Crippen LogP contribution is 2.19. The summed E-state index contributed by atoms with van der Waals surface area (Å²) < 4.78 is 38.2. The van der Waals surface area contributed by atoms with Gasteiger partial charge in [0.25, 0.3) is 0 Å². The molecule has 0 saturated heterocycles. The van der Waals surface area contributed by atoms with E-state index in [1.54, 1.807) is 0 Å².